The van der Waals surface area contributed by atoms with E-state index in [-0.39, 0.29) is 6.04 Å². The van der Waals surface area contributed by atoms with Gasteiger partial charge >= 0.3 is 0 Å². The standard InChI is InChI=1S/C9H15N3/c1-2-8(10)5-7-6-12-4-3-9(7)11/h3-4,6,8H,2,5,10H2,1H3,(H2,11,12). The van der Waals surface area contributed by atoms with Crippen molar-refractivity contribution in [2.45, 2.75) is 25.8 Å². The number of hydrogen-bond acceptors (Lipinski definition) is 3. The van der Waals surface area contributed by atoms with Gasteiger partial charge in [-0.2, -0.15) is 0 Å². The van der Waals surface area contributed by atoms with E-state index in [9.17, 15) is 0 Å². The van der Waals surface area contributed by atoms with E-state index in [2.05, 4.69) is 11.9 Å². The smallest absolute Gasteiger partial charge is 0.0378 e. The molecule has 1 aromatic rings. The molecule has 0 aromatic carbocycles. The van der Waals surface area contributed by atoms with Crippen molar-refractivity contribution in [3.8, 4) is 0 Å². The number of rotatable bonds is 3. The molecule has 1 rings (SSSR count). The van der Waals surface area contributed by atoms with E-state index in [0.717, 1.165) is 24.1 Å². The molecular weight excluding hydrogens is 150 g/mol. The summed E-state index contributed by atoms with van der Waals surface area (Å²) in [7, 11) is 0. The zero-order valence-electron chi connectivity index (χ0n) is 7.33. The SMILES string of the molecule is CCC(N)Cc1cnccc1N. The molecule has 0 saturated carbocycles. The summed E-state index contributed by atoms with van der Waals surface area (Å²) in [5, 5.41) is 0. The van der Waals surface area contributed by atoms with Crippen molar-refractivity contribution < 1.29 is 0 Å². The van der Waals surface area contributed by atoms with Gasteiger partial charge in [-0.1, -0.05) is 6.92 Å². The van der Waals surface area contributed by atoms with E-state index in [1.54, 1.807) is 18.5 Å². The monoisotopic (exact) mass is 165 g/mol. The molecular formula is C9H15N3. The van der Waals surface area contributed by atoms with Crippen LogP contribution in [0.1, 0.15) is 18.9 Å². The molecule has 1 aromatic heterocycles. The third-order valence-electron chi connectivity index (χ3n) is 1.95. The molecule has 1 unspecified atom stereocenters. The van der Waals surface area contributed by atoms with Crippen molar-refractivity contribution in [3.05, 3.63) is 24.0 Å². The normalized spacial score (nSPS) is 12.8. The molecule has 4 N–H and O–H groups in total. The fourth-order valence-corrected chi connectivity index (χ4v) is 1.04. The number of nitrogens with two attached hydrogens (primary N) is 2. The fourth-order valence-electron chi connectivity index (χ4n) is 1.04. The first-order valence-electron chi connectivity index (χ1n) is 4.18. The Morgan fingerprint density at radius 3 is 2.92 bits per heavy atom. The second-order valence-corrected chi connectivity index (χ2v) is 2.95. The van der Waals surface area contributed by atoms with Crippen molar-refractivity contribution in [2.24, 2.45) is 5.73 Å². The van der Waals surface area contributed by atoms with E-state index in [1.807, 2.05) is 0 Å². The van der Waals surface area contributed by atoms with Crippen LogP contribution in [0, 0.1) is 0 Å². The van der Waals surface area contributed by atoms with E-state index >= 15 is 0 Å². The van der Waals surface area contributed by atoms with Crippen LogP contribution in [-0.2, 0) is 6.42 Å². The maximum atomic E-state index is 5.79. The van der Waals surface area contributed by atoms with Crippen LogP contribution in [0.2, 0.25) is 0 Å². The van der Waals surface area contributed by atoms with Crippen molar-refractivity contribution in [3.63, 3.8) is 0 Å². The van der Waals surface area contributed by atoms with Crippen molar-refractivity contribution in [1.29, 1.82) is 0 Å². The van der Waals surface area contributed by atoms with Crippen molar-refractivity contribution in [2.75, 3.05) is 5.73 Å². The zero-order chi connectivity index (χ0) is 8.97. The fraction of sp³-hybridized carbons (Fsp3) is 0.444. The molecule has 66 valence electrons. The van der Waals surface area contributed by atoms with Gasteiger partial charge in [0.2, 0.25) is 0 Å². The molecule has 0 radical (unpaired) electrons. The van der Waals surface area contributed by atoms with Crippen LogP contribution >= 0.6 is 0 Å². The number of pyridine rings is 1. The molecule has 0 spiro atoms. The van der Waals surface area contributed by atoms with Crippen LogP contribution in [0.3, 0.4) is 0 Å². The lowest BCUT2D eigenvalue weighted by Crippen LogP contribution is -2.22. The predicted molar refractivity (Wildman–Crippen MR) is 50.6 cm³/mol. The van der Waals surface area contributed by atoms with Crippen LogP contribution in [0.4, 0.5) is 5.69 Å². The van der Waals surface area contributed by atoms with Gasteiger partial charge in [0.15, 0.2) is 0 Å². The minimum atomic E-state index is 0.191. The molecule has 0 bridgehead atoms. The number of aromatic nitrogens is 1. The first-order chi connectivity index (χ1) is 5.74. The van der Waals surface area contributed by atoms with Crippen LogP contribution in [0.25, 0.3) is 0 Å². The average molecular weight is 165 g/mol. The second kappa shape index (κ2) is 4.07. The third kappa shape index (κ3) is 2.20. The molecule has 0 fully saturated rings. The summed E-state index contributed by atoms with van der Waals surface area (Å²) in [5.74, 6) is 0. The van der Waals surface area contributed by atoms with Gasteiger partial charge in [0.25, 0.3) is 0 Å². The topological polar surface area (TPSA) is 64.9 Å². The van der Waals surface area contributed by atoms with Crippen molar-refractivity contribution >= 4 is 5.69 Å². The Balaban J connectivity index is 2.69. The van der Waals surface area contributed by atoms with Gasteiger partial charge in [-0.25, -0.2) is 0 Å². The molecule has 12 heavy (non-hydrogen) atoms. The number of nitrogen functional groups attached to an aromatic ring is 1. The lowest BCUT2D eigenvalue weighted by molar-refractivity contribution is 0.646. The molecule has 1 atom stereocenters. The molecule has 0 aliphatic rings. The van der Waals surface area contributed by atoms with Gasteiger partial charge in [-0.15, -0.1) is 0 Å². The molecule has 0 aliphatic carbocycles. The van der Waals surface area contributed by atoms with Crippen LogP contribution < -0.4 is 11.5 Å². The Hall–Kier alpha value is -1.09. The lowest BCUT2D eigenvalue weighted by Gasteiger charge is -2.09. The summed E-state index contributed by atoms with van der Waals surface area (Å²) in [6.07, 6.45) is 5.26. The second-order valence-electron chi connectivity index (χ2n) is 2.95. The molecule has 3 nitrogen and oxygen atoms in total. The van der Waals surface area contributed by atoms with Crippen LogP contribution in [0.15, 0.2) is 18.5 Å². The first kappa shape index (κ1) is 9.00. The average Bonchev–Trinajstić information content (AvgIpc) is 2.09. The van der Waals surface area contributed by atoms with E-state index in [1.165, 1.54) is 0 Å². The summed E-state index contributed by atoms with van der Waals surface area (Å²) in [6.45, 7) is 2.07. The Kier molecular flexibility index (Phi) is 3.05. The van der Waals surface area contributed by atoms with E-state index < -0.39 is 0 Å². The number of nitrogens with zero attached hydrogens (tertiary/aromatic N) is 1. The molecule has 0 aliphatic heterocycles. The summed E-state index contributed by atoms with van der Waals surface area (Å²) in [5.41, 5.74) is 13.4. The minimum absolute atomic E-state index is 0.191. The zero-order valence-corrected chi connectivity index (χ0v) is 7.33. The number of hydrogen-bond donors (Lipinski definition) is 2. The largest absolute Gasteiger partial charge is 0.398 e. The summed E-state index contributed by atoms with van der Waals surface area (Å²) in [6, 6.07) is 1.99. The Bertz CT molecular complexity index is 247. The maximum Gasteiger partial charge on any atom is 0.0378 e. The van der Waals surface area contributed by atoms with Gasteiger partial charge in [-0.05, 0) is 24.5 Å². The molecule has 0 amide bonds. The quantitative estimate of drug-likeness (QED) is 0.700. The highest BCUT2D eigenvalue weighted by molar-refractivity contribution is 5.44. The summed E-state index contributed by atoms with van der Waals surface area (Å²) in [4.78, 5) is 4.00. The van der Waals surface area contributed by atoms with E-state index in [0.29, 0.717) is 0 Å². The van der Waals surface area contributed by atoms with Gasteiger partial charge in [0.1, 0.15) is 0 Å². The van der Waals surface area contributed by atoms with Crippen LogP contribution in [-0.4, -0.2) is 11.0 Å². The molecule has 3 heteroatoms. The Labute approximate surface area is 72.8 Å². The molecule has 0 saturated heterocycles. The highest BCUT2D eigenvalue weighted by atomic mass is 14.7. The third-order valence-corrected chi connectivity index (χ3v) is 1.95. The molecule has 1 heterocycles. The van der Waals surface area contributed by atoms with Gasteiger partial charge in [0.05, 0.1) is 0 Å². The summed E-state index contributed by atoms with van der Waals surface area (Å²) >= 11 is 0. The van der Waals surface area contributed by atoms with Gasteiger partial charge < -0.3 is 11.5 Å². The minimum Gasteiger partial charge on any atom is -0.398 e. The maximum absolute atomic E-state index is 5.79. The van der Waals surface area contributed by atoms with Crippen LogP contribution in [0.5, 0.6) is 0 Å². The van der Waals surface area contributed by atoms with Gasteiger partial charge in [-0.3, -0.25) is 4.98 Å². The highest BCUT2D eigenvalue weighted by Crippen LogP contribution is 2.11. The predicted octanol–water partition coefficient (Wildman–Crippen LogP) is 0.944. The Morgan fingerprint density at radius 2 is 2.33 bits per heavy atom. The first-order valence-corrected chi connectivity index (χ1v) is 4.18. The highest BCUT2D eigenvalue weighted by Gasteiger charge is 2.03. The van der Waals surface area contributed by atoms with Gasteiger partial charge in [0, 0.05) is 24.1 Å². The Morgan fingerprint density at radius 1 is 1.58 bits per heavy atom. The lowest BCUT2D eigenvalue weighted by atomic mass is 10.1. The van der Waals surface area contributed by atoms with E-state index in [4.69, 9.17) is 11.5 Å². The summed E-state index contributed by atoms with van der Waals surface area (Å²) < 4.78 is 0. The number of anilines is 1. The van der Waals surface area contributed by atoms with Crippen molar-refractivity contribution in [1.82, 2.24) is 4.98 Å².